The summed E-state index contributed by atoms with van der Waals surface area (Å²) in [5.41, 5.74) is 5.40. The average molecular weight is 400 g/mol. The lowest BCUT2D eigenvalue weighted by atomic mass is 10.1. The van der Waals surface area contributed by atoms with Gasteiger partial charge in [0.1, 0.15) is 18.1 Å². The molecule has 0 bridgehead atoms. The smallest absolute Gasteiger partial charge is 0.410 e. The molecule has 10 nitrogen and oxygen atoms in total. The number of ether oxygens (including phenoxy) is 1. The maximum Gasteiger partial charge on any atom is 0.410 e. The molecule has 1 aliphatic rings. The Balaban J connectivity index is 2.08. The summed E-state index contributed by atoms with van der Waals surface area (Å²) in [4.78, 5) is 29.0. The lowest BCUT2D eigenvalue weighted by molar-refractivity contribution is 0.0995. The van der Waals surface area contributed by atoms with Crippen LogP contribution in [0.3, 0.4) is 0 Å². The van der Waals surface area contributed by atoms with Crippen molar-refractivity contribution in [2.24, 2.45) is 5.73 Å². The first-order valence-electron chi connectivity index (χ1n) is 8.37. The van der Waals surface area contributed by atoms with Crippen LogP contribution in [-0.4, -0.2) is 66.4 Å². The minimum atomic E-state index is -3.64. The maximum atomic E-state index is 12.3. The number of hydrogen-bond acceptors (Lipinski definition) is 7. The van der Waals surface area contributed by atoms with E-state index in [0.717, 1.165) is 6.26 Å². The summed E-state index contributed by atoms with van der Waals surface area (Å²) in [5, 5.41) is 0. The van der Waals surface area contributed by atoms with Crippen LogP contribution in [0.15, 0.2) is 18.9 Å². The molecule has 2 rings (SSSR count). The molecule has 0 aromatic carbocycles. The lowest BCUT2D eigenvalue weighted by Crippen LogP contribution is -2.37. The largest absolute Gasteiger partial charge is 0.445 e. The van der Waals surface area contributed by atoms with Gasteiger partial charge in [-0.3, -0.25) is 8.98 Å². The molecule has 0 unspecified atom stereocenters. The van der Waals surface area contributed by atoms with Crippen LogP contribution in [-0.2, 0) is 25.6 Å². The molecule has 2 N–H and O–H groups in total. The third-order valence-electron chi connectivity index (χ3n) is 4.18. The van der Waals surface area contributed by atoms with Gasteiger partial charge in [-0.1, -0.05) is 12.7 Å². The highest BCUT2D eigenvalue weighted by Crippen LogP contribution is 2.25. The standard InChI is InChI=1S/C16H24N4O6S/c1-4-7-25-16(22)20-9-13(26-27(3,23)24)8-12(20)5-6-19-10-14(15(17)21)18-11(19)2/h4,10,12-13H,1,5-9H2,2-3H3,(H2,17,21)/t12-,13-/m1/s1. The van der Waals surface area contributed by atoms with Crippen LogP contribution in [0.25, 0.3) is 0 Å². The van der Waals surface area contributed by atoms with Gasteiger partial charge < -0.3 is 19.9 Å². The first-order valence-corrected chi connectivity index (χ1v) is 10.2. The van der Waals surface area contributed by atoms with Gasteiger partial charge in [-0.05, 0) is 19.8 Å². The maximum absolute atomic E-state index is 12.3. The fraction of sp³-hybridized carbons (Fsp3) is 0.562. The minimum Gasteiger partial charge on any atom is -0.445 e. The van der Waals surface area contributed by atoms with E-state index >= 15 is 0 Å². The zero-order chi connectivity index (χ0) is 20.2. The number of rotatable bonds is 8. The number of hydrogen-bond donors (Lipinski definition) is 1. The van der Waals surface area contributed by atoms with E-state index in [9.17, 15) is 18.0 Å². The first-order chi connectivity index (χ1) is 12.6. The van der Waals surface area contributed by atoms with Gasteiger partial charge in [0.15, 0.2) is 0 Å². The summed E-state index contributed by atoms with van der Waals surface area (Å²) < 4.78 is 34.7. The fourth-order valence-corrected chi connectivity index (χ4v) is 3.68. The van der Waals surface area contributed by atoms with E-state index in [0.29, 0.717) is 25.2 Å². The van der Waals surface area contributed by atoms with Crippen molar-refractivity contribution in [3.63, 3.8) is 0 Å². The second-order valence-corrected chi connectivity index (χ2v) is 7.95. The Labute approximate surface area is 158 Å². The third kappa shape index (κ3) is 5.79. The quantitative estimate of drug-likeness (QED) is 0.494. The van der Waals surface area contributed by atoms with Crippen LogP contribution >= 0.6 is 0 Å². The molecule has 1 aliphatic heterocycles. The molecule has 2 atom stereocenters. The topological polar surface area (TPSA) is 134 Å². The number of aromatic nitrogens is 2. The lowest BCUT2D eigenvalue weighted by Gasteiger charge is -2.23. The van der Waals surface area contributed by atoms with Crippen LogP contribution in [0.5, 0.6) is 0 Å². The van der Waals surface area contributed by atoms with Crippen molar-refractivity contribution in [1.29, 1.82) is 0 Å². The molecule has 27 heavy (non-hydrogen) atoms. The molecule has 1 aromatic rings. The number of carbonyl (C=O) groups excluding carboxylic acids is 2. The highest BCUT2D eigenvalue weighted by atomic mass is 32.2. The van der Waals surface area contributed by atoms with E-state index in [1.54, 1.807) is 17.7 Å². The number of carbonyl (C=O) groups is 2. The Kier molecular flexibility index (Phi) is 6.60. The second kappa shape index (κ2) is 8.53. The van der Waals surface area contributed by atoms with Crippen molar-refractivity contribution in [3.8, 4) is 0 Å². The van der Waals surface area contributed by atoms with E-state index in [2.05, 4.69) is 11.6 Å². The van der Waals surface area contributed by atoms with Gasteiger partial charge in [0.05, 0.1) is 18.9 Å². The normalized spacial score (nSPS) is 19.9. The second-order valence-electron chi connectivity index (χ2n) is 6.35. The van der Waals surface area contributed by atoms with Gasteiger partial charge in [0, 0.05) is 18.8 Å². The van der Waals surface area contributed by atoms with Crippen molar-refractivity contribution < 1.29 is 26.9 Å². The molecular weight excluding hydrogens is 376 g/mol. The van der Waals surface area contributed by atoms with E-state index in [1.165, 1.54) is 11.0 Å². The molecule has 0 saturated carbocycles. The summed E-state index contributed by atoms with van der Waals surface area (Å²) in [7, 11) is -3.64. The van der Waals surface area contributed by atoms with Crippen LogP contribution in [0.2, 0.25) is 0 Å². The number of amides is 2. The number of primary amides is 1. The predicted octanol–water partition coefficient (Wildman–Crippen LogP) is 0.422. The van der Waals surface area contributed by atoms with Crippen molar-refractivity contribution in [3.05, 3.63) is 30.4 Å². The van der Waals surface area contributed by atoms with Crippen molar-refractivity contribution in [2.45, 2.75) is 38.5 Å². The van der Waals surface area contributed by atoms with E-state index in [1.807, 2.05) is 0 Å². The summed E-state index contributed by atoms with van der Waals surface area (Å²) >= 11 is 0. The van der Waals surface area contributed by atoms with E-state index in [4.69, 9.17) is 14.7 Å². The zero-order valence-corrected chi connectivity index (χ0v) is 16.1. The van der Waals surface area contributed by atoms with Gasteiger partial charge in [-0.25, -0.2) is 9.78 Å². The van der Waals surface area contributed by atoms with Crippen molar-refractivity contribution >= 4 is 22.1 Å². The number of likely N-dealkylation sites (tertiary alicyclic amines) is 1. The summed E-state index contributed by atoms with van der Waals surface area (Å²) in [6.45, 7) is 5.88. The minimum absolute atomic E-state index is 0.0578. The Morgan fingerprint density at radius 3 is 2.74 bits per heavy atom. The van der Waals surface area contributed by atoms with Gasteiger partial charge in [-0.15, -0.1) is 0 Å². The van der Waals surface area contributed by atoms with Crippen molar-refractivity contribution in [1.82, 2.24) is 14.5 Å². The summed E-state index contributed by atoms with van der Waals surface area (Å²) in [5.74, 6) is 0.000444. The number of imidazole rings is 1. The molecule has 2 amide bonds. The van der Waals surface area contributed by atoms with Gasteiger partial charge >= 0.3 is 6.09 Å². The fourth-order valence-electron chi connectivity index (χ4n) is 3.04. The molecular formula is C16H24N4O6S. The predicted molar refractivity (Wildman–Crippen MR) is 96.5 cm³/mol. The summed E-state index contributed by atoms with van der Waals surface area (Å²) in [6.07, 6.45) is 3.65. The van der Waals surface area contributed by atoms with Crippen LogP contribution in [0, 0.1) is 6.92 Å². The number of aryl methyl sites for hydroxylation is 2. The molecule has 0 radical (unpaired) electrons. The molecule has 11 heteroatoms. The number of nitrogens with zero attached hydrogens (tertiary/aromatic N) is 3. The highest BCUT2D eigenvalue weighted by molar-refractivity contribution is 7.86. The van der Waals surface area contributed by atoms with Crippen LogP contribution in [0.4, 0.5) is 4.79 Å². The molecule has 1 saturated heterocycles. The molecule has 2 heterocycles. The Bertz CT molecular complexity index is 819. The molecule has 0 aliphatic carbocycles. The van der Waals surface area contributed by atoms with Gasteiger partial charge in [0.2, 0.25) is 0 Å². The first kappa shape index (κ1) is 20.9. The van der Waals surface area contributed by atoms with Crippen LogP contribution < -0.4 is 5.73 Å². The van der Waals surface area contributed by atoms with Gasteiger partial charge in [0.25, 0.3) is 16.0 Å². The average Bonchev–Trinajstić information content (AvgIpc) is 3.12. The molecule has 1 fully saturated rings. The Hall–Kier alpha value is -2.40. The number of nitrogens with two attached hydrogens (primary N) is 1. The van der Waals surface area contributed by atoms with E-state index < -0.39 is 28.2 Å². The monoisotopic (exact) mass is 400 g/mol. The zero-order valence-electron chi connectivity index (χ0n) is 15.3. The molecule has 0 spiro atoms. The summed E-state index contributed by atoms with van der Waals surface area (Å²) in [6, 6.07) is -0.284. The van der Waals surface area contributed by atoms with Crippen LogP contribution in [0.1, 0.15) is 29.2 Å². The molecule has 150 valence electrons. The van der Waals surface area contributed by atoms with E-state index in [-0.39, 0.29) is 24.9 Å². The molecule has 1 aromatic heterocycles. The third-order valence-corrected chi connectivity index (χ3v) is 4.80. The van der Waals surface area contributed by atoms with Crippen molar-refractivity contribution in [2.75, 3.05) is 19.4 Å². The Morgan fingerprint density at radius 1 is 1.48 bits per heavy atom. The Morgan fingerprint density at radius 2 is 2.19 bits per heavy atom. The van der Waals surface area contributed by atoms with Gasteiger partial charge in [-0.2, -0.15) is 8.42 Å². The highest BCUT2D eigenvalue weighted by Gasteiger charge is 2.38. The SMILES string of the molecule is C=CCOC(=O)N1C[C@H](OS(C)(=O)=O)C[C@H]1CCn1cc(C(N)=O)nc1C.